The Labute approximate surface area is 122 Å². The van der Waals surface area contributed by atoms with E-state index in [0.717, 1.165) is 17.2 Å². The molecular formula is C13H21N3O3S. The Balaban J connectivity index is 2.21. The van der Waals surface area contributed by atoms with Gasteiger partial charge in [-0.25, -0.2) is 0 Å². The number of rotatable bonds is 2. The van der Waals surface area contributed by atoms with Gasteiger partial charge < -0.3 is 14.7 Å². The Morgan fingerprint density at radius 1 is 1.50 bits per heavy atom. The van der Waals surface area contributed by atoms with Crippen molar-refractivity contribution in [1.29, 1.82) is 0 Å². The predicted molar refractivity (Wildman–Crippen MR) is 75.9 cm³/mol. The molecule has 1 fully saturated rings. The third-order valence-corrected chi connectivity index (χ3v) is 3.92. The van der Waals surface area contributed by atoms with Crippen LogP contribution in [-0.2, 0) is 10.2 Å². The SMILES string of the molecule is CC1CN(C(=O)c2snnc2C(C)(C)C)CC(CO)O1. The van der Waals surface area contributed by atoms with Crippen LogP contribution in [-0.4, -0.2) is 57.4 Å². The molecule has 1 saturated heterocycles. The number of hydrogen-bond donors (Lipinski definition) is 1. The molecule has 6 nitrogen and oxygen atoms in total. The van der Waals surface area contributed by atoms with Crippen LogP contribution in [0, 0.1) is 0 Å². The number of nitrogens with zero attached hydrogens (tertiary/aromatic N) is 3. The first-order valence-corrected chi connectivity index (χ1v) is 7.48. The molecule has 0 radical (unpaired) electrons. The van der Waals surface area contributed by atoms with Crippen molar-refractivity contribution in [3.05, 3.63) is 10.6 Å². The molecule has 2 atom stereocenters. The van der Waals surface area contributed by atoms with Crippen molar-refractivity contribution in [2.45, 2.75) is 45.3 Å². The lowest BCUT2D eigenvalue weighted by Gasteiger charge is -2.36. The zero-order chi connectivity index (χ0) is 14.9. The van der Waals surface area contributed by atoms with Crippen molar-refractivity contribution in [2.75, 3.05) is 19.7 Å². The van der Waals surface area contributed by atoms with E-state index in [1.165, 1.54) is 0 Å². The van der Waals surface area contributed by atoms with Gasteiger partial charge in [-0.05, 0) is 18.5 Å². The van der Waals surface area contributed by atoms with E-state index in [4.69, 9.17) is 4.74 Å². The van der Waals surface area contributed by atoms with Crippen LogP contribution < -0.4 is 0 Å². The number of ether oxygens (including phenoxy) is 1. The molecule has 20 heavy (non-hydrogen) atoms. The van der Waals surface area contributed by atoms with E-state index < -0.39 is 0 Å². The molecule has 2 rings (SSSR count). The van der Waals surface area contributed by atoms with E-state index in [1.807, 2.05) is 27.7 Å². The average molecular weight is 299 g/mol. The lowest BCUT2D eigenvalue weighted by atomic mass is 9.91. The van der Waals surface area contributed by atoms with Gasteiger partial charge in [-0.1, -0.05) is 25.3 Å². The molecule has 1 N–H and O–H groups in total. The Morgan fingerprint density at radius 2 is 2.20 bits per heavy atom. The van der Waals surface area contributed by atoms with Gasteiger partial charge in [0.25, 0.3) is 5.91 Å². The number of carbonyl (C=O) groups excluding carboxylic acids is 1. The smallest absolute Gasteiger partial charge is 0.267 e. The molecule has 2 unspecified atom stereocenters. The summed E-state index contributed by atoms with van der Waals surface area (Å²) in [7, 11) is 0. The number of hydrogen-bond acceptors (Lipinski definition) is 6. The highest BCUT2D eigenvalue weighted by Crippen LogP contribution is 2.27. The molecular weight excluding hydrogens is 278 g/mol. The highest BCUT2D eigenvalue weighted by atomic mass is 32.1. The van der Waals surface area contributed by atoms with Gasteiger partial charge in [0, 0.05) is 18.5 Å². The third kappa shape index (κ3) is 3.16. The molecule has 0 aliphatic carbocycles. The van der Waals surface area contributed by atoms with Crippen molar-refractivity contribution < 1.29 is 14.6 Å². The first-order chi connectivity index (χ1) is 9.32. The molecule has 1 amide bonds. The summed E-state index contributed by atoms with van der Waals surface area (Å²) >= 11 is 1.13. The fraction of sp³-hybridized carbons (Fsp3) is 0.769. The number of morpholine rings is 1. The zero-order valence-corrected chi connectivity index (χ0v) is 13.1. The largest absolute Gasteiger partial charge is 0.394 e. The summed E-state index contributed by atoms with van der Waals surface area (Å²) in [6, 6.07) is 0. The topological polar surface area (TPSA) is 75.6 Å². The van der Waals surface area contributed by atoms with Crippen molar-refractivity contribution >= 4 is 17.4 Å². The summed E-state index contributed by atoms with van der Waals surface area (Å²) < 4.78 is 9.49. The zero-order valence-electron chi connectivity index (χ0n) is 12.3. The van der Waals surface area contributed by atoms with Gasteiger partial charge in [0.15, 0.2) is 0 Å². The molecule has 1 aromatic rings. The molecule has 2 heterocycles. The minimum Gasteiger partial charge on any atom is -0.394 e. The van der Waals surface area contributed by atoms with E-state index in [9.17, 15) is 9.90 Å². The first-order valence-electron chi connectivity index (χ1n) is 6.71. The van der Waals surface area contributed by atoms with Crippen molar-refractivity contribution in [3.63, 3.8) is 0 Å². The second kappa shape index (κ2) is 5.75. The standard InChI is InChI=1S/C13H21N3O3S/c1-8-5-16(6-9(7-17)19-8)12(18)10-11(13(2,3)4)14-15-20-10/h8-9,17H,5-7H2,1-4H3. The van der Waals surface area contributed by atoms with Gasteiger partial charge in [-0.2, -0.15) is 0 Å². The van der Waals surface area contributed by atoms with Crippen LogP contribution >= 0.6 is 11.5 Å². The van der Waals surface area contributed by atoms with Crippen LogP contribution in [0.15, 0.2) is 0 Å². The monoisotopic (exact) mass is 299 g/mol. The summed E-state index contributed by atoms with van der Waals surface area (Å²) in [5.74, 6) is -0.0708. The van der Waals surface area contributed by atoms with Gasteiger partial charge in [0.1, 0.15) is 4.88 Å². The normalized spacial score (nSPS) is 23.9. The van der Waals surface area contributed by atoms with Crippen molar-refractivity contribution in [3.8, 4) is 0 Å². The van der Waals surface area contributed by atoms with Gasteiger partial charge in [0.05, 0.1) is 24.5 Å². The molecule has 0 spiro atoms. The maximum atomic E-state index is 12.7. The van der Waals surface area contributed by atoms with E-state index in [-0.39, 0.29) is 30.1 Å². The summed E-state index contributed by atoms with van der Waals surface area (Å²) in [6.07, 6.45) is -0.398. The number of aromatic nitrogens is 2. The Kier molecular flexibility index (Phi) is 4.41. The molecule has 0 saturated carbocycles. The maximum absolute atomic E-state index is 12.7. The minimum absolute atomic E-state index is 0.0708. The number of amides is 1. The van der Waals surface area contributed by atoms with E-state index >= 15 is 0 Å². The summed E-state index contributed by atoms with van der Waals surface area (Å²) in [5.41, 5.74) is 0.513. The van der Waals surface area contributed by atoms with Crippen molar-refractivity contribution in [2.24, 2.45) is 0 Å². The van der Waals surface area contributed by atoms with Gasteiger partial charge in [-0.3, -0.25) is 4.79 Å². The molecule has 0 bridgehead atoms. The van der Waals surface area contributed by atoms with Gasteiger partial charge >= 0.3 is 0 Å². The quantitative estimate of drug-likeness (QED) is 0.883. The van der Waals surface area contributed by atoms with Crippen LogP contribution in [0.2, 0.25) is 0 Å². The highest BCUT2D eigenvalue weighted by Gasteiger charge is 2.33. The van der Waals surface area contributed by atoms with Crippen LogP contribution in [0.4, 0.5) is 0 Å². The van der Waals surface area contributed by atoms with E-state index in [1.54, 1.807) is 4.90 Å². The minimum atomic E-state index is -0.318. The molecule has 1 aromatic heterocycles. The van der Waals surface area contributed by atoms with Crippen LogP contribution in [0.3, 0.4) is 0 Å². The highest BCUT2D eigenvalue weighted by molar-refractivity contribution is 7.08. The molecule has 0 aromatic carbocycles. The average Bonchev–Trinajstić information content (AvgIpc) is 2.86. The lowest BCUT2D eigenvalue weighted by molar-refractivity contribution is -0.0858. The van der Waals surface area contributed by atoms with Crippen molar-refractivity contribution in [1.82, 2.24) is 14.5 Å². The Morgan fingerprint density at radius 3 is 2.80 bits per heavy atom. The maximum Gasteiger partial charge on any atom is 0.267 e. The molecule has 112 valence electrons. The first kappa shape index (κ1) is 15.3. The molecule has 1 aliphatic heterocycles. The number of carbonyl (C=O) groups is 1. The second-order valence-corrected chi connectivity index (χ2v) is 6.92. The Bertz CT molecular complexity index is 483. The summed E-state index contributed by atoms with van der Waals surface area (Å²) in [6.45, 7) is 8.79. The number of aliphatic hydroxyl groups is 1. The molecule has 7 heteroatoms. The van der Waals surface area contributed by atoms with Crippen LogP contribution in [0.1, 0.15) is 43.1 Å². The van der Waals surface area contributed by atoms with Gasteiger partial charge in [-0.15, -0.1) is 5.10 Å². The molecule has 1 aliphatic rings. The predicted octanol–water partition coefficient (Wildman–Crippen LogP) is 1.06. The summed E-state index contributed by atoms with van der Waals surface area (Å²) in [4.78, 5) is 15.0. The van der Waals surface area contributed by atoms with Crippen LogP contribution in [0.5, 0.6) is 0 Å². The fourth-order valence-corrected chi connectivity index (χ4v) is 3.12. The van der Waals surface area contributed by atoms with Crippen LogP contribution in [0.25, 0.3) is 0 Å². The number of aliphatic hydroxyl groups excluding tert-OH is 1. The van der Waals surface area contributed by atoms with Gasteiger partial charge in [0.2, 0.25) is 0 Å². The summed E-state index contributed by atoms with van der Waals surface area (Å²) in [5, 5.41) is 13.3. The Hall–Kier alpha value is -1.05. The van der Waals surface area contributed by atoms with E-state index in [0.29, 0.717) is 18.0 Å². The lowest BCUT2D eigenvalue weighted by Crippen LogP contribution is -2.50. The second-order valence-electron chi connectivity index (χ2n) is 6.16. The van der Waals surface area contributed by atoms with E-state index in [2.05, 4.69) is 9.59 Å². The third-order valence-electron chi connectivity index (χ3n) is 3.21. The fourth-order valence-electron chi connectivity index (χ4n) is 2.28.